The van der Waals surface area contributed by atoms with Gasteiger partial charge in [0, 0.05) is 68.5 Å². The van der Waals surface area contributed by atoms with Gasteiger partial charge in [-0.1, -0.05) is 13.0 Å². The quantitative estimate of drug-likeness (QED) is 0.340. The Morgan fingerprint density at radius 3 is 2.33 bits per heavy atom. The van der Waals surface area contributed by atoms with Crippen LogP contribution >= 0.6 is 0 Å². The van der Waals surface area contributed by atoms with Gasteiger partial charge < -0.3 is 19.1 Å². The first-order valence-corrected chi connectivity index (χ1v) is 13.0. The number of piperazine rings is 1. The first kappa shape index (κ1) is 27.2. The monoisotopic (exact) mass is 546 g/mol. The zero-order valence-electron chi connectivity index (χ0n) is 22.7. The van der Waals surface area contributed by atoms with Crippen LogP contribution in [0.5, 0.6) is 17.2 Å². The lowest BCUT2D eigenvalue weighted by atomic mass is 10.0. The van der Waals surface area contributed by atoms with E-state index in [-0.39, 0.29) is 17.1 Å². The summed E-state index contributed by atoms with van der Waals surface area (Å²) in [6.07, 6.45) is 3.99. The number of carbonyl (C=O) groups excluding carboxylic acids is 1. The number of fused-ring (bicyclic) bond motifs is 1. The zero-order valence-corrected chi connectivity index (χ0v) is 22.7. The van der Waals surface area contributed by atoms with Crippen LogP contribution in [0.15, 0.2) is 55.0 Å². The Labute approximate surface area is 231 Å². The summed E-state index contributed by atoms with van der Waals surface area (Å²) >= 11 is 0. The number of carbonyl (C=O) groups is 1. The number of benzene rings is 2. The highest BCUT2D eigenvalue weighted by molar-refractivity contribution is 5.97. The number of pyridine rings is 1. The molecule has 0 aliphatic carbocycles. The summed E-state index contributed by atoms with van der Waals surface area (Å²) in [6.45, 7) is 8.25. The van der Waals surface area contributed by atoms with E-state index in [0.717, 1.165) is 44.8 Å². The average molecular weight is 547 g/mol. The first-order valence-electron chi connectivity index (χ1n) is 13.0. The Balaban J connectivity index is 1.30. The van der Waals surface area contributed by atoms with E-state index < -0.39 is 11.9 Å². The van der Waals surface area contributed by atoms with E-state index in [4.69, 9.17) is 14.2 Å². The average Bonchev–Trinajstić information content (AvgIpc) is 2.99. The normalized spacial score (nSPS) is 14.2. The molecule has 5 rings (SSSR count). The Morgan fingerprint density at radius 1 is 0.900 bits per heavy atom. The van der Waals surface area contributed by atoms with Gasteiger partial charge in [0.25, 0.3) is 0 Å². The number of aromatic nitrogens is 3. The zero-order chi connectivity index (χ0) is 28.1. The third kappa shape index (κ3) is 5.95. The molecule has 0 spiro atoms. The summed E-state index contributed by atoms with van der Waals surface area (Å²) in [7, 11) is 2.87. The number of anilines is 1. The van der Waals surface area contributed by atoms with Gasteiger partial charge in [0.15, 0.2) is 17.3 Å². The van der Waals surface area contributed by atoms with Crippen molar-refractivity contribution in [2.75, 3.05) is 52.3 Å². The van der Waals surface area contributed by atoms with Crippen LogP contribution in [0.2, 0.25) is 0 Å². The predicted octanol–water partition coefficient (Wildman–Crippen LogP) is 4.60. The minimum Gasteiger partial charge on any atom is -0.497 e. The number of amides is 1. The predicted molar refractivity (Wildman–Crippen MR) is 149 cm³/mol. The van der Waals surface area contributed by atoms with Gasteiger partial charge in [-0.05, 0) is 36.4 Å². The molecular weight excluding hydrogens is 515 g/mol. The Morgan fingerprint density at radius 2 is 1.65 bits per heavy atom. The first-order chi connectivity index (χ1) is 19.5. The summed E-state index contributed by atoms with van der Waals surface area (Å²) in [4.78, 5) is 30.7. The summed E-state index contributed by atoms with van der Waals surface area (Å²) < 4.78 is 31.2. The van der Waals surface area contributed by atoms with E-state index in [1.54, 1.807) is 30.5 Å². The molecule has 0 unspecified atom stereocenters. The van der Waals surface area contributed by atoms with Crippen molar-refractivity contribution in [1.29, 1.82) is 0 Å². The van der Waals surface area contributed by atoms with Gasteiger partial charge in [-0.3, -0.25) is 15.2 Å². The molecule has 1 amide bonds. The number of methoxy groups -OCH3 is 2. The van der Waals surface area contributed by atoms with Gasteiger partial charge in [0.1, 0.15) is 22.6 Å². The molecule has 208 valence electrons. The SMILES string of the molecule is CCN1CCN(Cc2ccc(NC(=O)Oc3ccc(-c4cc(OC)cc(OC)c4F)c4nccnc34)nc2)CC1. The number of hydrogen-bond acceptors (Lipinski definition) is 9. The maximum atomic E-state index is 15.2. The van der Waals surface area contributed by atoms with Crippen LogP contribution in [0.4, 0.5) is 15.0 Å². The number of ether oxygens (including phenoxy) is 3. The molecule has 1 fully saturated rings. The minimum atomic E-state index is -0.732. The van der Waals surface area contributed by atoms with Gasteiger partial charge in [-0.2, -0.15) is 0 Å². The maximum absolute atomic E-state index is 15.2. The van der Waals surface area contributed by atoms with Crippen LogP contribution in [-0.4, -0.2) is 77.8 Å². The Kier molecular flexibility index (Phi) is 8.32. The Hall–Kier alpha value is -4.35. The van der Waals surface area contributed by atoms with E-state index in [2.05, 4.69) is 37.0 Å². The molecule has 0 atom stereocenters. The van der Waals surface area contributed by atoms with Crippen LogP contribution < -0.4 is 19.5 Å². The lowest BCUT2D eigenvalue weighted by Gasteiger charge is -2.33. The second-order valence-corrected chi connectivity index (χ2v) is 9.33. The number of nitrogens with one attached hydrogen (secondary N) is 1. The smallest absolute Gasteiger partial charge is 0.418 e. The van der Waals surface area contributed by atoms with E-state index in [0.29, 0.717) is 28.2 Å². The van der Waals surface area contributed by atoms with Crippen molar-refractivity contribution in [1.82, 2.24) is 24.8 Å². The molecule has 2 aromatic heterocycles. The topological polar surface area (TPSA) is 102 Å². The molecule has 3 heterocycles. The van der Waals surface area contributed by atoms with Crippen molar-refractivity contribution in [2.45, 2.75) is 13.5 Å². The van der Waals surface area contributed by atoms with Crippen molar-refractivity contribution >= 4 is 22.9 Å². The molecule has 2 aromatic carbocycles. The van der Waals surface area contributed by atoms with Crippen LogP contribution in [0.3, 0.4) is 0 Å². The van der Waals surface area contributed by atoms with Crippen LogP contribution in [0.25, 0.3) is 22.2 Å². The molecule has 0 bridgehead atoms. The summed E-state index contributed by atoms with van der Waals surface area (Å²) in [5.41, 5.74) is 2.38. The van der Waals surface area contributed by atoms with Gasteiger partial charge in [0.2, 0.25) is 0 Å². The van der Waals surface area contributed by atoms with Gasteiger partial charge in [-0.25, -0.2) is 19.2 Å². The fraction of sp³-hybridized carbons (Fsp3) is 0.310. The summed E-state index contributed by atoms with van der Waals surface area (Å²) in [5.74, 6) is 0.412. The van der Waals surface area contributed by atoms with Gasteiger partial charge in [0.05, 0.1) is 14.2 Å². The van der Waals surface area contributed by atoms with E-state index in [1.165, 1.54) is 32.7 Å². The third-order valence-corrected chi connectivity index (χ3v) is 6.92. The van der Waals surface area contributed by atoms with Crippen molar-refractivity contribution < 1.29 is 23.4 Å². The molecule has 1 aliphatic rings. The highest BCUT2D eigenvalue weighted by atomic mass is 19.1. The second kappa shape index (κ2) is 12.2. The van der Waals surface area contributed by atoms with E-state index in [9.17, 15) is 4.79 Å². The fourth-order valence-electron chi connectivity index (χ4n) is 4.71. The van der Waals surface area contributed by atoms with Crippen molar-refractivity contribution in [3.8, 4) is 28.4 Å². The second-order valence-electron chi connectivity index (χ2n) is 9.33. The van der Waals surface area contributed by atoms with Crippen molar-refractivity contribution in [3.63, 3.8) is 0 Å². The summed E-state index contributed by atoms with van der Waals surface area (Å²) in [5, 5.41) is 2.65. The number of hydrogen-bond donors (Lipinski definition) is 1. The van der Waals surface area contributed by atoms with Crippen molar-refractivity contribution in [3.05, 3.63) is 66.4 Å². The molecule has 11 heteroatoms. The lowest BCUT2D eigenvalue weighted by Crippen LogP contribution is -2.45. The van der Waals surface area contributed by atoms with Crippen molar-refractivity contribution in [2.24, 2.45) is 0 Å². The maximum Gasteiger partial charge on any atom is 0.418 e. The Bertz CT molecular complexity index is 1490. The van der Waals surface area contributed by atoms with Gasteiger partial charge >= 0.3 is 6.09 Å². The molecular formula is C29H31FN6O4. The van der Waals surface area contributed by atoms with E-state index in [1.807, 2.05) is 6.07 Å². The molecule has 0 radical (unpaired) electrons. The standard InChI is InChI=1S/C29H31FN6O4/c1-4-35-11-13-36(14-12-35)18-19-5-8-25(33-17-19)34-29(37)40-23-7-6-21(27-28(23)32-10-9-31-27)22-15-20(38-2)16-24(39-3)26(22)30/h5-10,15-17H,4,11-14,18H2,1-3H3,(H,33,34,37). The molecule has 40 heavy (non-hydrogen) atoms. The molecule has 10 nitrogen and oxygen atoms in total. The molecule has 4 aromatic rings. The minimum absolute atomic E-state index is 0.0312. The molecule has 1 N–H and O–H groups in total. The molecule has 1 aliphatic heterocycles. The van der Waals surface area contributed by atoms with E-state index >= 15 is 4.39 Å². The number of likely N-dealkylation sites (N-methyl/N-ethyl adjacent to an activating group) is 1. The summed E-state index contributed by atoms with van der Waals surface area (Å²) in [6, 6.07) is 9.87. The number of halogens is 1. The lowest BCUT2D eigenvalue weighted by molar-refractivity contribution is 0.132. The van der Waals surface area contributed by atoms with Crippen LogP contribution in [0, 0.1) is 5.82 Å². The molecule has 0 saturated carbocycles. The van der Waals surface area contributed by atoms with Crippen LogP contribution in [-0.2, 0) is 6.54 Å². The van der Waals surface area contributed by atoms with Crippen LogP contribution in [0.1, 0.15) is 12.5 Å². The largest absolute Gasteiger partial charge is 0.497 e. The van der Waals surface area contributed by atoms with Gasteiger partial charge in [-0.15, -0.1) is 0 Å². The molecule has 1 saturated heterocycles. The third-order valence-electron chi connectivity index (χ3n) is 6.92. The highest BCUT2D eigenvalue weighted by Gasteiger charge is 2.20. The highest BCUT2D eigenvalue weighted by Crippen LogP contribution is 2.38. The fourth-order valence-corrected chi connectivity index (χ4v) is 4.71. The number of nitrogens with zero attached hydrogens (tertiary/aromatic N) is 5. The number of rotatable bonds is 8.